The van der Waals surface area contributed by atoms with Gasteiger partial charge in [-0.15, -0.1) is 0 Å². The Labute approximate surface area is 367 Å². The summed E-state index contributed by atoms with van der Waals surface area (Å²) >= 11 is 0. The average Bonchev–Trinajstić information content (AvgIpc) is 3.73. The van der Waals surface area contributed by atoms with Crippen LogP contribution in [0.3, 0.4) is 0 Å². The lowest BCUT2D eigenvalue weighted by Crippen LogP contribution is -2.23. The van der Waals surface area contributed by atoms with Crippen molar-refractivity contribution in [1.29, 1.82) is 0 Å². The van der Waals surface area contributed by atoms with Crippen molar-refractivity contribution >= 4 is 17.7 Å². The van der Waals surface area contributed by atoms with Crippen molar-refractivity contribution in [2.75, 3.05) is 32.8 Å². The summed E-state index contributed by atoms with van der Waals surface area (Å²) in [6.07, 6.45) is 38.9. The first-order chi connectivity index (χ1) is 28.7. The molecule has 0 N–H and O–H groups in total. The minimum absolute atomic E-state index is 0.0253. The zero-order chi connectivity index (χ0) is 43.2. The van der Waals surface area contributed by atoms with Gasteiger partial charge < -0.3 is 14.4 Å². The van der Waals surface area contributed by atoms with Crippen molar-refractivity contribution in [1.82, 2.24) is 4.90 Å². The first-order valence-electron chi connectivity index (χ1n) is 26.2. The Morgan fingerprint density at radius 1 is 0.508 bits per heavy atom. The predicted octanol–water partition coefficient (Wildman–Crippen LogP) is 15.4. The Hall–Kier alpha value is -1.43. The maximum Gasteiger partial charge on any atom is 0.308 e. The Morgan fingerprint density at radius 3 is 1.54 bits per heavy atom. The van der Waals surface area contributed by atoms with Crippen molar-refractivity contribution < 1.29 is 23.9 Å². The Morgan fingerprint density at radius 2 is 1.00 bits per heavy atom. The van der Waals surface area contributed by atoms with Gasteiger partial charge in [-0.25, -0.2) is 0 Å². The van der Waals surface area contributed by atoms with E-state index in [-0.39, 0.29) is 17.9 Å². The highest BCUT2D eigenvalue weighted by atomic mass is 16.5. The van der Waals surface area contributed by atoms with Crippen LogP contribution in [0.2, 0.25) is 0 Å². The summed E-state index contributed by atoms with van der Waals surface area (Å²) in [4.78, 5) is 40.6. The molecule has 1 aliphatic rings. The highest BCUT2D eigenvalue weighted by molar-refractivity contribution is 5.78. The van der Waals surface area contributed by atoms with Gasteiger partial charge in [-0.2, -0.15) is 0 Å². The molecule has 1 rings (SSSR count). The number of Topliss-reactive ketones (excluding diaryl/α,β-unsaturated/α-hetero) is 1. The second-order valence-electron chi connectivity index (χ2n) is 19.7. The van der Waals surface area contributed by atoms with Gasteiger partial charge in [0, 0.05) is 25.8 Å². The monoisotopic (exact) mass is 832 g/mol. The van der Waals surface area contributed by atoms with Gasteiger partial charge >= 0.3 is 11.9 Å². The number of nitrogens with zero attached hydrogens (tertiary/aromatic N) is 1. The van der Waals surface area contributed by atoms with E-state index in [0.717, 1.165) is 109 Å². The highest BCUT2D eigenvalue weighted by Gasteiger charge is 2.20. The fourth-order valence-corrected chi connectivity index (χ4v) is 9.05. The molecule has 2 atom stereocenters. The summed E-state index contributed by atoms with van der Waals surface area (Å²) in [7, 11) is 0. The number of unbranched alkanes of at least 4 members (excludes halogenated alkanes) is 16. The third-order valence-corrected chi connectivity index (χ3v) is 13.4. The summed E-state index contributed by atoms with van der Waals surface area (Å²) in [5, 5.41) is 0. The molecule has 0 aromatic rings. The molecule has 0 aromatic carbocycles. The molecule has 2 unspecified atom stereocenters. The quantitative estimate of drug-likeness (QED) is 0.0450. The average molecular weight is 832 g/mol. The van der Waals surface area contributed by atoms with Crippen molar-refractivity contribution in [3.8, 4) is 0 Å². The van der Waals surface area contributed by atoms with Gasteiger partial charge in [0.25, 0.3) is 0 Å². The Balaban J connectivity index is 2.24. The third kappa shape index (κ3) is 33.8. The van der Waals surface area contributed by atoms with E-state index in [1.165, 1.54) is 129 Å². The first-order valence-corrected chi connectivity index (χ1v) is 26.2. The van der Waals surface area contributed by atoms with E-state index in [1.54, 1.807) is 0 Å². The fourth-order valence-electron chi connectivity index (χ4n) is 9.05. The molecule has 0 saturated carbocycles. The molecule has 6 heteroatoms. The van der Waals surface area contributed by atoms with Crippen molar-refractivity contribution in [3.63, 3.8) is 0 Å². The van der Waals surface area contributed by atoms with Gasteiger partial charge in [0.15, 0.2) is 0 Å². The molecular weight excluding hydrogens is 731 g/mol. The summed E-state index contributed by atoms with van der Waals surface area (Å²) in [6, 6.07) is 0. The molecule has 0 aliphatic carbocycles. The molecule has 0 amide bonds. The van der Waals surface area contributed by atoms with Crippen molar-refractivity contribution in [2.45, 2.75) is 260 Å². The fraction of sp³-hybridized carbons (Fsp3) is 0.943. The molecule has 348 valence electrons. The number of ether oxygens (including phenoxy) is 2. The van der Waals surface area contributed by atoms with E-state index in [2.05, 4.69) is 46.4 Å². The lowest BCUT2D eigenvalue weighted by molar-refractivity contribution is -0.149. The molecule has 0 radical (unpaired) electrons. The molecule has 1 fully saturated rings. The summed E-state index contributed by atoms with van der Waals surface area (Å²) in [5.41, 5.74) is 0. The molecule has 0 spiro atoms. The SMILES string of the molecule is CCCCCC(CCCCC)CCCC(=O)CCCCCCCCCCC(CCCCCCCCC(=O)OCC(CCC(C)C)C(C)C)C(=O)OCCCN1CCCC1. The van der Waals surface area contributed by atoms with Gasteiger partial charge in [-0.05, 0) is 94.5 Å². The van der Waals surface area contributed by atoms with Crippen LogP contribution in [0.5, 0.6) is 0 Å². The molecule has 0 aromatic heterocycles. The van der Waals surface area contributed by atoms with E-state index in [4.69, 9.17) is 9.47 Å². The lowest BCUT2D eigenvalue weighted by atomic mass is 9.89. The van der Waals surface area contributed by atoms with Gasteiger partial charge in [0.1, 0.15) is 5.78 Å². The van der Waals surface area contributed by atoms with Crippen LogP contribution in [-0.2, 0) is 23.9 Å². The number of esters is 2. The van der Waals surface area contributed by atoms with Crippen LogP contribution in [0.4, 0.5) is 0 Å². The normalized spacial score (nSPS) is 14.5. The van der Waals surface area contributed by atoms with Crippen LogP contribution >= 0.6 is 0 Å². The maximum absolute atomic E-state index is 13.2. The summed E-state index contributed by atoms with van der Waals surface area (Å²) in [6.45, 7) is 18.1. The van der Waals surface area contributed by atoms with Crippen molar-refractivity contribution in [3.05, 3.63) is 0 Å². The van der Waals surface area contributed by atoms with E-state index >= 15 is 0 Å². The molecule has 6 nitrogen and oxygen atoms in total. The van der Waals surface area contributed by atoms with E-state index in [1.807, 2.05) is 0 Å². The molecule has 1 saturated heterocycles. The van der Waals surface area contributed by atoms with E-state index in [0.29, 0.717) is 43.2 Å². The second-order valence-corrected chi connectivity index (χ2v) is 19.7. The van der Waals surface area contributed by atoms with Gasteiger partial charge in [0.2, 0.25) is 0 Å². The van der Waals surface area contributed by atoms with Gasteiger partial charge in [0.05, 0.1) is 19.1 Å². The molecule has 0 bridgehead atoms. The topological polar surface area (TPSA) is 72.9 Å². The smallest absolute Gasteiger partial charge is 0.308 e. The van der Waals surface area contributed by atoms with E-state index < -0.39 is 0 Å². The number of ketones is 1. The molecule has 1 aliphatic heterocycles. The number of rotatable bonds is 43. The number of likely N-dealkylation sites (tertiary alicyclic amines) is 1. The largest absolute Gasteiger partial charge is 0.465 e. The number of hydrogen-bond acceptors (Lipinski definition) is 6. The number of carbonyl (C=O) groups excluding carboxylic acids is 3. The summed E-state index contributed by atoms with van der Waals surface area (Å²) < 4.78 is 11.5. The van der Waals surface area contributed by atoms with Crippen LogP contribution in [0.1, 0.15) is 260 Å². The van der Waals surface area contributed by atoms with E-state index in [9.17, 15) is 14.4 Å². The Bertz CT molecular complexity index is 965. The zero-order valence-corrected chi connectivity index (χ0v) is 40.5. The minimum Gasteiger partial charge on any atom is -0.465 e. The number of carbonyl (C=O) groups is 3. The van der Waals surface area contributed by atoms with Gasteiger partial charge in [-0.1, -0.05) is 183 Å². The van der Waals surface area contributed by atoms with Crippen LogP contribution in [0.25, 0.3) is 0 Å². The Kier molecular flexibility index (Phi) is 37.1. The minimum atomic E-state index is -0.0369. The van der Waals surface area contributed by atoms with Crippen LogP contribution in [0, 0.1) is 29.6 Å². The van der Waals surface area contributed by atoms with Crippen LogP contribution < -0.4 is 0 Å². The van der Waals surface area contributed by atoms with Gasteiger partial charge in [-0.3, -0.25) is 14.4 Å². The zero-order valence-electron chi connectivity index (χ0n) is 40.5. The van der Waals surface area contributed by atoms with Crippen LogP contribution in [-0.4, -0.2) is 55.5 Å². The second kappa shape index (κ2) is 39.4. The highest BCUT2D eigenvalue weighted by Crippen LogP contribution is 2.25. The lowest BCUT2D eigenvalue weighted by Gasteiger charge is -2.21. The van der Waals surface area contributed by atoms with Crippen LogP contribution in [0.15, 0.2) is 0 Å². The maximum atomic E-state index is 13.2. The summed E-state index contributed by atoms with van der Waals surface area (Å²) in [5.74, 6) is 3.02. The molecular formula is C53H101NO5. The molecule has 1 heterocycles. The molecule has 59 heavy (non-hydrogen) atoms. The number of hydrogen-bond donors (Lipinski definition) is 0. The third-order valence-electron chi connectivity index (χ3n) is 13.4. The van der Waals surface area contributed by atoms with Crippen molar-refractivity contribution in [2.24, 2.45) is 29.6 Å². The predicted molar refractivity (Wildman–Crippen MR) is 252 cm³/mol. The standard InChI is InChI=1S/C53H101NO5/c1-7-9-21-31-48(32-22-10-8-2)33-29-37-51(55)36-25-19-14-12-11-13-17-23-34-49(53(57)58-44-30-43-54-41-27-28-42-54)35-24-18-15-16-20-26-38-52(56)59-45-50(47(5)6)40-39-46(3)4/h46-50H,7-45H2,1-6H3. The first kappa shape index (κ1) is 55.6.